The number of nitrogens with zero attached hydrogens (tertiary/aromatic N) is 3. The lowest BCUT2D eigenvalue weighted by Gasteiger charge is -2.23. The Morgan fingerprint density at radius 1 is 1.35 bits per heavy atom. The molecule has 0 saturated carbocycles. The number of pyridine rings is 1. The summed E-state index contributed by atoms with van der Waals surface area (Å²) < 4.78 is 30.4. The summed E-state index contributed by atoms with van der Waals surface area (Å²) in [4.78, 5) is 16.0. The molecule has 0 spiro atoms. The van der Waals surface area contributed by atoms with Crippen LogP contribution in [0.5, 0.6) is 5.75 Å². The zero-order valence-corrected chi connectivity index (χ0v) is 15.7. The van der Waals surface area contributed by atoms with Crippen molar-refractivity contribution in [1.82, 2.24) is 10.4 Å². The van der Waals surface area contributed by atoms with Crippen LogP contribution in [-0.2, 0) is 14.8 Å². The van der Waals surface area contributed by atoms with Crippen molar-refractivity contribution < 1.29 is 17.9 Å². The fourth-order valence-corrected chi connectivity index (χ4v) is 3.05. The number of anilines is 1. The molecule has 8 nitrogen and oxygen atoms in total. The van der Waals surface area contributed by atoms with Crippen molar-refractivity contribution in [3.8, 4) is 5.75 Å². The van der Waals surface area contributed by atoms with Gasteiger partial charge in [-0.15, -0.1) is 0 Å². The summed E-state index contributed by atoms with van der Waals surface area (Å²) in [6.07, 6.45) is 5.57. The Hall–Kier alpha value is -2.65. The molecule has 0 aliphatic carbocycles. The molecule has 0 radical (unpaired) electrons. The van der Waals surface area contributed by atoms with Gasteiger partial charge in [-0.05, 0) is 35.9 Å². The lowest BCUT2D eigenvalue weighted by Crippen LogP contribution is -2.39. The zero-order valence-electron chi connectivity index (χ0n) is 14.1. The Kier molecular flexibility index (Phi) is 6.53. The third-order valence-corrected chi connectivity index (χ3v) is 4.57. The Morgan fingerprint density at radius 2 is 2.04 bits per heavy atom. The Morgan fingerprint density at radius 3 is 2.65 bits per heavy atom. The van der Waals surface area contributed by atoms with Crippen LogP contribution in [0.25, 0.3) is 0 Å². The van der Waals surface area contributed by atoms with Crippen molar-refractivity contribution in [3.05, 3.63) is 53.3 Å². The van der Waals surface area contributed by atoms with Gasteiger partial charge in [0.25, 0.3) is 5.91 Å². The van der Waals surface area contributed by atoms with Crippen LogP contribution in [0.4, 0.5) is 5.69 Å². The number of rotatable bonds is 7. The maximum atomic E-state index is 12.1. The van der Waals surface area contributed by atoms with E-state index in [2.05, 4.69) is 15.5 Å². The molecular weight excluding hydrogens is 380 g/mol. The van der Waals surface area contributed by atoms with Gasteiger partial charge in [0.05, 0.1) is 25.3 Å². The molecule has 1 N–H and O–H groups in total. The number of benzene rings is 1. The molecule has 0 fully saturated rings. The number of carbonyl (C=O) groups is 1. The van der Waals surface area contributed by atoms with Crippen LogP contribution in [0.1, 0.15) is 5.56 Å². The molecule has 1 heterocycles. The van der Waals surface area contributed by atoms with Gasteiger partial charge in [0.2, 0.25) is 10.0 Å². The number of ether oxygens (including phenoxy) is 1. The fraction of sp³-hybridized carbons (Fsp3) is 0.188. The first kappa shape index (κ1) is 19.7. The summed E-state index contributed by atoms with van der Waals surface area (Å²) in [6.45, 7) is -0.483. The van der Waals surface area contributed by atoms with Crippen LogP contribution < -0.4 is 14.5 Å². The average molecular weight is 397 g/mol. The van der Waals surface area contributed by atoms with Gasteiger partial charge < -0.3 is 4.74 Å². The fourth-order valence-electron chi connectivity index (χ4n) is 2.03. The molecule has 2 rings (SSSR count). The monoisotopic (exact) mass is 396 g/mol. The molecule has 10 heteroatoms. The molecule has 0 atom stereocenters. The summed E-state index contributed by atoms with van der Waals surface area (Å²) in [6, 6.07) is 7.90. The second-order valence-corrected chi connectivity index (χ2v) is 7.50. The van der Waals surface area contributed by atoms with Crippen molar-refractivity contribution in [3.63, 3.8) is 0 Å². The summed E-state index contributed by atoms with van der Waals surface area (Å²) in [5.74, 6) is -0.351. The first-order valence-electron chi connectivity index (χ1n) is 7.34. The number of nitrogens with one attached hydrogen (secondary N) is 1. The van der Waals surface area contributed by atoms with Gasteiger partial charge in [0, 0.05) is 17.4 Å². The smallest absolute Gasteiger partial charge is 0.260 e. The quantitative estimate of drug-likeness (QED) is 0.566. The minimum absolute atomic E-state index is 0.163. The lowest BCUT2D eigenvalue weighted by atomic mass is 10.3. The van der Waals surface area contributed by atoms with Gasteiger partial charge >= 0.3 is 0 Å². The third-order valence-electron chi connectivity index (χ3n) is 3.21. The first-order valence-corrected chi connectivity index (χ1v) is 9.57. The highest BCUT2D eigenvalue weighted by Gasteiger charge is 2.24. The summed E-state index contributed by atoms with van der Waals surface area (Å²) >= 11 is 5.95. The number of halogens is 1. The van der Waals surface area contributed by atoms with Crippen molar-refractivity contribution in [1.29, 1.82) is 0 Å². The zero-order chi connectivity index (χ0) is 19.2. The molecule has 0 bridgehead atoms. The number of hydrazone groups is 1. The third kappa shape index (κ3) is 5.43. The highest BCUT2D eigenvalue weighted by molar-refractivity contribution is 7.92. The molecule has 0 aliphatic heterocycles. The Balaban J connectivity index is 2.18. The lowest BCUT2D eigenvalue weighted by molar-refractivity contribution is -0.119. The topological polar surface area (TPSA) is 101 Å². The largest absolute Gasteiger partial charge is 0.495 e. The van der Waals surface area contributed by atoms with E-state index in [1.165, 1.54) is 25.5 Å². The number of sulfonamides is 1. The average Bonchev–Trinajstić information content (AvgIpc) is 2.59. The van der Waals surface area contributed by atoms with Gasteiger partial charge in [-0.25, -0.2) is 13.8 Å². The predicted molar refractivity (Wildman–Crippen MR) is 100 cm³/mol. The maximum Gasteiger partial charge on any atom is 0.260 e. The number of carbonyl (C=O) groups excluding carboxylic acids is 1. The molecule has 0 unspecified atom stereocenters. The Labute approximate surface area is 156 Å². The maximum absolute atomic E-state index is 12.1. The van der Waals surface area contributed by atoms with Crippen LogP contribution in [0.15, 0.2) is 47.8 Å². The first-order chi connectivity index (χ1) is 12.3. The van der Waals surface area contributed by atoms with Gasteiger partial charge in [-0.3, -0.25) is 14.1 Å². The molecule has 1 aromatic carbocycles. The van der Waals surface area contributed by atoms with Gasteiger partial charge in [0.1, 0.15) is 12.3 Å². The van der Waals surface area contributed by atoms with E-state index in [4.69, 9.17) is 16.3 Å². The van der Waals surface area contributed by atoms with E-state index in [0.29, 0.717) is 5.02 Å². The van der Waals surface area contributed by atoms with Crippen molar-refractivity contribution in [2.24, 2.45) is 5.10 Å². The normalized spacial score (nSPS) is 11.3. The van der Waals surface area contributed by atoms with E-state index < -0.39 is 22.5 Å². The van der Waals surface area contributed by atoms with Gasteiger partial charge in [0.15, 0.2) is 0 Å². The van der Waals surface area contributed by atoms with Crippen LogP contribution in [0.3, 0.4) is 0 Å². The second-order valence-electron chi connectivity index (χ2n) is 5.16. The molecule has 2 aromatic rings. The molecule has 0 saturated heterocycles. The van der Waals surface area contributed by atoms with E-state index in [0.717, 1.165) is 16.1 Å². The molecule has 26 heavy (non-hydrogen) atoms. The minimum Gasteiger partial charge on any atom is -0.495 e. The number of hydrogen-bond donors (Lipinski definition) is 1. The van der Waals surface area contributed by atoms with Crippen molar-refractivity contribution in [2.45, 2.75) is 0 Å². The summed E-state index contributed by atoms with van der Waals surface area (Å²) in [5.41, 5.74) is 3.18. The summed E-state index contributed by atoms with van der Waals surface area (Å²) in [7, 11) is -2.37. The number of methoxy groups -OCH3 is 1. The standard InChI is InChI=1S/C16H17ClN4O4S/c1-25-15-4-3-13(17)9-14(15)21(26(2,23)24)11-16(22)20-19-10-12-5-7-18-8-6-12/h3-10H,11H2,1-2H3,(H,20,22)/b19-10-. The van der Waals surface area contributed by atoms with E-state index in [1.54, 1.807) is 30.6 Å². The second kappa shape index (κ2) is 8.63. The SMILES string of the molecule is COc1ccc(Cl)cc1N(CC(=O)N/N=C\c1ccncc1)S(C)(=O)=O. The molecule has 138 valence electrons. The number of amides is 1. The van der Waals surface area contributed by atoms with Crippen molar-refractivity contribution >= 4 is 39.4 Å². The van der Waals surface area contributed by atoms with Crippen molar-refractivity contribution in [2.75, 3.05) is 24.2 Å². The van der Waals surface area contributed by atoms with Gasteiger partial charge in [-0.1, -0.05) is 11.6 Å². The molecule has 1 aromatic heterocycles. The van der Waals surface area contributed by atoms with E-state index in [9.17, 15) is 13.2 Å². The van der Waals surface area contributed by atoms with Crippen LogP contribution in [0.2, 0.25) is 5.02 Å². The Bertz CT molecular complexity index is 904. The highest BCUT2D eigenvalue weighted by atomic mass is 35.5. The van der Waals surface area contributed by atoms with E-state index in [1.807, 2.05) is 0 Å². The van der Waals surface area contributed by atoms with E-state index >= 15 is 0 Å². The molecule has 0 aliphatic rings. The van der Waals surface area contributed by atoms with E-state index in [-0.39, 0.29) is 11.4 Å². The van der Waals surface area contributed by atoms with Crippen LogP contribution >= 0.6 is 11.6 Å². The number of aromatic nitrogens is 1. The predicted octanol–water partition coefficient (Wildman–Crippen LogP) is 1.66. The van der Waals surface area contributed by atoms with Gasteiger partial charge in [-0.2, -0.15) is 5.10 Å². The summed E-state index contributed by atoms with van der Waals surface area (Å²) in [5, 5.41) is 4.11. The molecular formula is C16H17ClN4O4S. The highest BCUT2D eigenvalue weighted by Crippen LogP contribution is 2.32. The van der Waals surface area contributed by atoms with Crippen LogP contribution in [0, 0.1) is 0 Å². The van der Waals surface area contributed by atoms with Crippen LogP contribution in [-0.4, -0.2) is 45.4 Å². The minimum atomic E-state index is -3.77. The molecule has 1 amide bonds. The number of hydrogen-bond acceptors (Lipinski definition) is 6.